The van der Waals surface area contributed by atoms with E-state index in [-0.39, 0.29) is 14.7 Å². The summed E-state index contributed by atoms with van der Waals surface area (Å²) in [6.45, 7) is 0. The number of non-ortho nitro benzene ring substituents is 1. The predicted molar refractivity (Wildman–Crippen MR) is 121 cm³/mol. The molecular formula is C17H7NO3S6. The second-order valence-electron chi connectivity index (χ2n) is 5.48. The molecule has 2 aliphatic heterocycles. The topological polar surface area (TPSA) is 60.2 Å². The Kier molecular flexibility index (Phi) is 4.65. The highest BCUT2D eigenvalue weighted by Crippen LogP contribution is 2.60. The summed E-state index contributed by atoms with van der Waals surface area (Å²) in [6, 6.07) is 10.9. The molecule has 3 heterocycles. The lowest BCUT2D eigenvalue weighted by Crippen LogP contribution is -1.87. The molecule has 27 heavy (non-hydrogen) atoms. The van der Waals surface area contributed by atoms with Gasteiger partial charge in [-0.2, -0.15) is 0 Å². The quantitative estimate of drug-likeness (QED) is 0.297. The summed E-state index contributed by atoms with van der Waals surface area (Å²) in [5.41, 5.74) is 1.10. The van der Waals surface area contributed by atoms with Crippen LogP contribution < -0.4 is 4.06 Å². The molecule has 0 saturated heterocycles. The number of hydrogen-bond donors (Lipinski definition) is 0. The standard InChI is InChI=1S/C17H7NO3S6/c19-17-26-12-5-10-11(6-13(12)27-17)24-16(23-10)15-22-7-14(25-15)8-1-3-9(4-2-8)18(20)21/h1-7H. The highest BCUT2D eigenvalue weighted by molar-refractivity contribution is 8.34. The summed E-state index contributed by atoms with van der Waals surface area (Å²) < 4.78 is 4.73. The van der Waals surface area contributed by atoms with Crippen molar-refractivity contribution in [2.45, 2.75) is 9.79 Å². The minimum Gasteiger partial charge on any atom is -0.265 e. The molecule has 5 rings (SSSR count). The van der Waals surface area contributed by atoms with Crippen LogP contribution in [0, 0.1) is 10.1 Å². The van der Waals surface area contributed by atoms with E-state index >= 15 is 0 Å². The van der Waals surface area contributed by atoms with Crippen molar-refractivity contribution in [3.8, 4) is 0 Å². The first-order valence-corrected chi connectivity index (χ1v) is 12.5. The van der Waals surface area contributed by atoms with Gasteiger partial charge >= 0.3 is 0 Å². The zero-order valence-electron chi connectivity index (χ0n) is 13.2. The van der Waals surface area contributed by atoms with Crippen LogP contribution in [-0.4, -0.2) is 4.92 Å². The Bertz CT molecular complexity index is 1170. The summed E-state index contributed by atoms with van der Waals surface area (Å²) in [5, 5.41) is 12.9. The van der Waals surface area contributed by atoms with Gasteiger partial charge in [-0.05, 0) is 35.2 Å². The van der Waals surface area contributed by atoms with E-state index in [4.69, 9.17) is 0 Å². The van der Waals surface area contributed by atoms with E-state index in [1.165, 1.54) is 40.9 Å². The Labute approximate surface area is 178 Å². The highest BCUT2D eigenvalue weighted by Gasteiger charge is 2.26. The van der Waals surface area contributed by atoms with Crippen molar-refractivity contribution >= 4 is 89.7 Å². The van der Waals surface area contributed by atoms with Crippen LogP contribution in [0.5, 0.6) is 0 Å². The number of nitro groups is 1. The molecule has 134 valence electrons. The minimum atomic E-state index is -0.382. The smallest absolute Gasteiger partial charge is 0.265 e. The van der Waals surface area contributed by atoms with Gasteiger partial charge < -0.3 is 0 Å². The minimum absolute atomic E-state index is 0.105. The monoisotopic (exact) mass is 465 g/mol. The Morgan fingerprint density at radius 2 is 1.48 bits per heavy atom. The molecule has 0 atom stereocenters. The van der Waals surface area contributed by atoms with Gasteiger partial charge in [0, 0.05) is 26.8 Å². The van der Waals surface area contributed by atoms with Crippen LogP contribution in [-0.2, 0) is 0 Å². The van der Waals surface area contributed by atoms with Crippen LogP contribution in [0.2, 0.25) is 0 Å². The fourth-order valence-corrected chi connectivity index (χ4v) is 9.86. The molecule has 1 aromatic heterocycles. The molecule has 0 unspecified atom stereocenters. The van der Waals surface area contributed by atoms with Gasteiger partial charge in [-0.15, -0.1) is 0 Å². The van der Waals surface area contributed by atoms with Crippen molar-refractivity contribution in [2.24, 2.45) is 0 Å². The Morgan fingerprint density at radius 1 is 0.852 bits per heavy atom. The first kappa shape index (κ1) is 17.9. The number of nitro benzene ring substituents is 1. The molecule has 0 aliphatic carbocycles. The van der Waals surface area contributed by atoms with E-state index in [1.54, 1.807) is 71.3 Å². The zero-order chi connectivity index (χ0) is 18.5. The third kappa shape index (κ3) is 3.39. The summed E-state index contributed by atoms with van der Waals surface area (Å²) in [5.74, 6) is 0. The van der Waals surface area contributed by atoms with Crippen molar-refractivity contribution in [1.29, 1.82) is 0 Å². The molecule has 0 radical (unpaired) electrons. The summed E-state index contributed by atoms with van der Waals surface area (Å²) in [7, 11) is 0. The lowest BCUT2D eigenvalue weighted by atomic mass is 10.2. The molecule has 3 aromatic rings. The Balaban J connectivity index is 1.39. The molecule has 0 saturated carbocycles. The number of hydrogen-bond acceptors (Lipinski definition) is 9. The van der Waals surface area contributed by atoms with Crippen LogP contribution in [0.1, 0.15) is 5.56 Å². The molecule has 0 bridgehead atoms. The molecule has 4 nitrogen and oxygen atoms in total. The lowest BCUT2D eigenvalue weighted by molar-refractivity contribution is -0.384. The Morgan fingerprint density at radius 3 is 2.07 bits per heavy atom. The van der Waals surface area contributed by atoms with Crippen LogP contribution in [0.4, 0.5) is 5.69 Å². The maximum Gasteiger partial charge on any atom is 0.288 e. The fraction of sp³-hybridized carbons (Fsp3) is 0. The van der Waals surface area contributed by atoms with Gasteiger partial charge in [0.15, 0.2) is 0 Å². The van der Waals surface area contributed by atoms with Crippen LogP contribution >= 0.6 is 69.7 Å². The van der Waals surface area contributed by atoms with Crippen molar-refractivity contribution in [1.82, 2.24) is 0 Å². The molecule has 10 heteroatoms. The number of rotatable bonds is 2. The average molecular weight is 466 g/mol. The molecular weight excluding hydrogens is 459 g/mol. The molecule has 0 fully saturated rings. The number of nitrogens with zero attached hydrogens (tertiary/aromatic N) is 1. The Hall–Kier alpha value is -1.17. The van der Waals surface area contributed by atoms with Crippen LogP contribution in [0.15, 0.2) is 64.9 Å². The van der Waals surface area contributed by atoms with Gasteiger partial charge in [0.25, 0.3) is 9.74 Å². The van der Waals surface area contributed by atoms with E-state index in [2.05, 4.69) is 17.5 Å². The van der Waals surface area contributed by atoms with E-state index in [0.717, 1.165) is 19.9 Å². The molecule has 0 amide bonds. The first-order valence-electron chi connectivity index (χ1n) is 7.54. The highest BCUT2D eigenvalue weighted by atomic mass is 32.2. The lowest BCUT2D eigenvalue weighted by Gasteiger charge is -2.03. The number of thioether (sulfide) groups is 4. The van der Waals surface area contributed by atoms with Gasteiger partial charge in [0.2, 0.25) is 0 Å². The maximum atomic E-state index is 11.6. The van der Waals surface area contributed by atoms with E-state index < -0.39 is 0 Å². The normalized spacial score (nSPS) is 16.1. The van der Waals surface area contributed by atoms with Gasteiger partial charge in [-0.3, -0.25) is 14.9 Å². The maximum absolute atomic E-state index is 11.6. The first-order chi connectivity index (χ1) is 13.1. The number of fused-ring (bicyclic) bond motifs is 2. The number of benzene rings is 2. The second-order valence-corrected chi connectivity index (χ2v) is 12.3. The van der Waals surface area contributed by atoms with E-state index in [9.17, 15) is 14.9 Å². The van der Waals surface area contributed by atoms with Gasteiger partial charge in [-0.25, -0.2) is 0 Å². The average Bonchev–Trinajstić information content (AvgIpc) is 3.36. The van der Waals surface area contributed by atoms with Gasteiger partial charge in [-0.1, -0.05) is 69.7 Å². The zero-order valence-corrected chi connectivity index (χ0v) is 18.1. The fourth-order valence-electron chi connectivity index (χ4n) is 2.57. The summed E-state index contributed by atoms with van der Waals surface area (Å²) >= 11 is 9.51. The van der Waals surface area contributed by atoms with Crippen molar-refractivity contribution in [3.05, 3.63) is 74.8 Å². The summed E-state index contributed by atoms with van der Waals surface area (Å²) in [4.78, 5) is 25.5. The molecule has 0 N–H and O–H groups in total. The molecule has 2 aliphatic rings. The van der Waals surface area contributed by atoms with E-state index in [1.807, 2.05) is 0 Å². The third-order valence-electron chi connectivity index (χ3n) is 3.81. The SMILES string of the molecule is O=c1sc2cc3c(cc2s1)SC(=C1SC=C(c2ccc([N+](=O)[O-])cc2)S1)S3. The summed E-state index contributed by atoms with van der Waals surface area (Å²) in [6.07, 6.45) is 0. The van der Waals surface area contributed by atoms with Crippen LogP contribution in [0.3, 0.4) is 0 Å². The van der Waals surface area contributed by atoms with Crippen molar-refractivity contribution in [2.75, 3.05) is 0 Å². The predicted octanol–water partition coefficient (Wildman–Crippen LogP) is 7.03. The molecule has 2 aromatic carbocycles. The van der Waals surface area contributed by atoms with Crippen LogP contribution in [0.25, 0.3) is 14.3 Å². The van der Waals surface area contributed by atoms with E-state index in [0.29, 0.717) is 0 Å². The van der Waals surface area contributed by atoms with Crippen molar-refractivity contribution in [3.63, 3.8) is 0 Å². The second kappa shape index (κ2) is 7.02. The largest absolute Gasteiger partial charge is 0.288 e. The van der Waals surface area contributed by atoms with Gasteiger partial charge in [0.1, 0.15) is 0 Å². The molecule has 0 spiro atoms. The van der Waals surface area contributed by atoms with Gasteiger partial charge in [0.05, 0.1) is 22.8 Å². The third-order valence-corrected chi connectivity index (χ3v) is 11.3. The van der Waals surface area contributed by atoms with Crippen molar-refractivity contribution < 1.29 is 4.92 Å².